The first-order valence-corrected chi connectivity index (χ1v) is 5.58. The molecular formula is C12H15N3O2. The lowest BCUT2D eigenvalue weighted by molar-refractivity contribution is 0.116. The second-order valence-electron chi connectivity index (χ2n) is 4.26. The topological polar surface area (TPSA) is 72.0 Å². The smallest absolute Gasteiger partial charge is 0.229 e. The summed E-state index contributed by atoms with van der Waals surface area (Å²) in [6.45, 7) is 3.90. The quantitative estimate of drug-likeness (QED) is 0.870. The van der Waals surface area contributed by atoms with Gasteiger partial charge in [0, 0.05) is 18.0 Å². The summed E-state index contributed by atoms with van der Waals surface area (Å²) in [5.74, 6) is 1.16. The van der Waals surface area contributed by atoms with Crippen LogP contribution in [0.15, 0.2) is 29.0 Å². The van der Waals surface area contributed by atoms with E-state index in [4.69, 9.17) is 4.52 Å². The summed E-state index contributed by atoms with van der Waals surface area (Å²) in [5, 5.41) is 13.6. The van der Waals surface area contributed by atoms with Crippen LogP contribution in [0, 0.1) is 5.92 Å². The largest absolute Gasteiger partial charge is 0.392 e. The van der Waals surface area contributed by atoms with E-state index in [1.54, 1.807) is 12.4 Å². The number of aromatic nitrogens is 3. The standard InChI is InChI=1S/C12H15N3O2/c1-8(2)10(16)7-11-14-12(15-17-11)9-3-5-13-6-4-9/h3-6,8,10,16H,7H2,1-2H3. The molecule has 0 bridgehead atoms. The van der Waals surface area contributed by atoms with Gasteiger partial charge < -0.3 is 9.63 Å². The van der Waals surface area contributed by atoms with Crippen LogP contribution in [-0.2, 0) is 6.42 Å². The van der Waals surface area contributed by atoms with Gasteiger partial charge in [0.25, 0.3) is 0 Å². The van der Waals surface area contributed by atoms with Crippen molar-refractivity contribution in [1.82, 2.24) is 15.1 Å². The van der Waals surface area contributed by atoms with E-state index in [-0.39, 0.29) is 5.92 Å². The maximum atomic E-state index is 9.72. The molecule has 0 fully saturated rings. The minimum absolute atomic E-state index is 0.172. The zero-order valence-corrected chi connectivity index (χ0v) is 9.87. The molecule has 0 spiro atoms. The highest BCUT2D eigenvalue weighted by atomic mass is 16.5. The van der Waals surface area contributed by atoms with Crippen LogP contribution in [0.3, 0.4) is 0 Å². The Morgan fingerprint density at radius 3 is 2.65 bits per heavy atom. The summed E-state index contributed by atoms with van der Waals surface area (Å²) < 4.78 is 5.10. The van der Waals surface area contributed by atoms with Gasteiger partial charge in [-0.25, -0.2) is 0 Å². The molecule has 1 N–H and O–H groups in total. The monoisotopic (exact) mass is 233 g/mol. The maximum absolute atomic E-state index is 9.72. The van der Waals surface area contributed by atoms with E-state index in [1.807, 2.05) is 26.0 Å². The van der Waals surface area contributed by atoms with Crippen LogP contribution in [0.25, 0.3) is 11.4 Å². The third-order valence-corrected chi connectivity index (χ3v) is 2.56. The number of pyridine rings is 1. The van der Waals surface area contributed by atoms with Gasteiger partial charge in [-0.3, -0.25) is 4.98 Å². The fraction of sp³-hybridized carbons (Fsp3) is 0.417. The summed E-state index contributed by atoms with van der Waals surface area (Å²) in [7, 11) is 0. The molecule has 1 atom stereocenters. The Morgan fingerprint density at radius 2 is 2.00 bits per heavy atom. The molecule has 0 aromatic carbocycles. The van der Waals surface area contributed by atoms with E-state index in [0.29, 0.717) is 18.1 Å². The zero-order chi connectivity index (χ0) is 12.3. The average molecular weight is 233 g/mol. The molecule has 5 heteroatoms. The molecule has 0 saturated carbocycles. The second-order valence-corrected chi connectivity index (χ2v) is 4.26. The van der Waals surface area contributed by atoms with Crippen LogP contribution in [0.2, 0.25) is 0 Å². The molecule has 0 aliphatic carbocycles. The van der Waals surface area contributed by atoms with E-state index < -0.39 is 6.10 Å². The number of rotatable bonds is 4. The molecule has 2 aromatic heterocycles. The number of nitrogens with zero attached hydrogens (tertiary/aromatic N) is 3. The van der Waals surface area contributed by atoms with Crippen molar-refractivity contribution < 1.29 is 9.63 Å². The third-order valence-electron chi connectivity index (χ3n) is 2.56. The molecule has 2 heterocycles. The SMILES string of the molecule is CC(C)C(O)Cc1nc(-c2ccncc2)no1. The predicted molar refractivity (Wildman–Crippen MR) is 62.1 cm³/mol. The number of hydrogen-bond donors (Lipinski definition) is 1. The normalized spacial score (nSPS) is 12.9. The fourth-order valence-electron chi connectivity index (χ4n) is 1.37. The lowest BCUT2D eigenvalue weighted by Crippen LogP contribution is -2.17. The predicted octanol–water partition coefficient (Wildman–Crippen LogP) is 1.69. The van der Waals surface area contributed by atoms with Gasteiger partial charge in [-0.2, -0.15) is 4.98 Å². The van der Waals surface area contributed by atoms with Crippen LogP contribution in [0.1, 0.15) is 19.7 Å². The van der Waals surface area contributed by atoms with Gasteiger partial charge in [0.15, 0.2) is 0 Å². The van der Waals surface area contributed by atoms with Crippen molar-refractivity contribution in [2.24, 2.45) is 5.92 Å². The first kappa shape index (κ1) is 11.7. The molecule has 0 aliphatic rings. The van der Waals surface area contributed by atoms with Gasteiger partial charge in [0.1, 0.15) is 0 Å². The number of hydrogen-bond acceptors (Lipinski definition) is 5. The van der Waals surface area contributed by atoms with E-state index in [0.717, 1.165) is 5.56 Å². The summed E-state index contributed by atoms with van der Waals surface area (Å²) in [5.41, 5.74) is 0.856. The summed E-state index contributed by atoms with van der Waals surface area (Å²) in [6, 6.07) is 3.63. The van der Waals surface area contributed by atoms with Crippen LogP contribution in [-0.4, -0.2) is 26.3 Å². The second kappa shape index (κ2) is 5.05. The van der Waals surface area contributed by atoms with Gasteiger partial charge in [-0.1, -0.05) is 19.0 Å². The Morgan fingerprint density at radius 1 is 1.29 bits per heavy atom. The lowest BCUT2D eigenvalue weighted by atomic mass is 10.0. The van der Waals surface area contributed by atoms with Crippen LogP contribution < -0.4 is 0 Å². The molecule has 5 nitrogen and oxygen atoms in total. The Balaban J connectivity index is 2.12. The van der Waals surface area contributed by atoms with Crippen molar-refractivity contribution in [2.45, 2.75) is 26.4 Å². The lowest BCUT2D eigenvalue weighted by Gasteiger charge is -2.10. The van der Waals surface area contributed by atoms with Crippen molar-refractivity contribution in [3.8, 4) is 11.4 Å². The minimum Gasteiger partial charge on any atom is -0.392 e. The Kier molecular flexibility index (Phi) is 3.49. The summed E-state index contributed by atoms with van der Waals surface area (Å²) >= 11 is 0. The zero-order valence-electron chi connectivity index (χ0n) is 9.87. The Hall–Kier alpha value is -1.75. The van der Waals surface area contributed by atoms with Gasteiger partial charge in [0.05, 0.1) is 12.5 Å². The maximum Gasteiger partial charge on any atom is 0.229 e. The Bertz CT molecular complexity index is 468. The highest BCUT2D eigenvalue weighted by molar-refractivity contribution is 5.52. The summed E-state index contributed by atoms with van der Waals surface area (Å²) in [6.07, 6.45) is 3.28. The molecule has 0 saturated heterocycles. The van der Waals surface area contributed by atoms with Crippen LogP contribution >= 0.6 is 0 Å². The summed E-state index contributed by atoms with van der Waals surface area (Å²) in [4.78, 5) is 8.16. The number of aliphatic hydroxyl groups is 1. The molecule has 2 aromatic rings. The van der Waals surface area contributed by atoms with E-state index in [2.05, 4.69) is 15.1 Å². The molecule has 0 aliphatic heterocycles. The fourth-order valence-corrected chi connectivity index (χ4v) is 1.37. The van der Waals surface area contributed by atoms with Crippen molar-refractivity contribution in [1.29, 1.82) is 0 Å². The van der Waals surface area contributed by atoms with Crippen molar-refractivity contribution in [3.63, 3.8) is 0 Å². The van der Waals surface area contributed by atoms with Gasteiger partial charge in [-0.15, -0.1) is 0 Å². The van der Waals surface area contributed by atoms with Gasteiger partial charge >= 0.3 is 0 Å². The molecule has 0 radical (unpaired) electrons. The molecule has 2 rings (SSSR count). The molecule has 17 heavy (non-hydrogen) atoms. The van der Waals surface area contributed by atoms with Gasteiger partial charge in [0.2, 0.25) is 11.7 Å². The highest BCUT2D eigenvalue weighted by Gasteiger charge is 2.15. The van der Waals surface area contributed by atoms with Gasteiger partial charge in [-0.05, 0) is 18.1 Å². The molecule has 1 unspecified atom stereocenters. The number of aliphatic hydroxyl groups excluding tert-OH is 1. The first-order chi connectivity index (χ1) is 8.16. The molecule has 0 amide bonds. The molecule has 90 valence electrons. The van der Waals surface area contributed by atoms with Crippen molar-refractivity contribution >= 4 is 0 Å². The highest BCUT2D eigenvalue weighted by Crippen LogP contribution is 2.15. The Labute approximate surface area is 99.5 Å². The van der Waals surface area contributed by atoms with E-state index >= 15 is 0 Å². The third kappa shape index (κ3) is 2.88. The average Bonchev–Trinajstić information content (AvgIpc) is 2.78. The first-order valence-electron chi connectivity index (χ1n) is 5.58. The van der Waals surface area contributed by atoms with Crippen LogP contribution in [0.5, 0.6) is 0 Å². The molecular weight excluding hydrogens is 218 g/mol. The van der Waals surface area contributed by atoms with Crippen molar-refractivity contribution in [3.05, 3.63) is 30.4 Å². The van der Waals surface area contributed by atoms with Crippen molar-refractivity contribution in [2.75, 3.05) is 0 Å². The van der Waals surface area contributed by atoms with E-state index in [9.17, 15) is 5.11 Å². The minimum atomic E-state index is -0.458. The van der Waals surface area contributed by atoms with Crippen LogP contribution in [0.4, 0.5) is 0 Å². The van der Waals surface area contributed by atoms with E-state index in [1.165, 1.54) is 0 Å².